The summed E-state index contributed by atoms with van der Waals surface area (Å²) in [5.41, 5.74) is 2.57. The summed E-state index contributed by atoms with van der Waals surface area (Å²) in [7, 11) is -3.76. The second-order valence-electron chi connectivity index (χ2n) is 5.69. The summed E-state index contributed by atoms with van der Waals surface area (Å²) in [6.45, 7) is 3.90. The van der Waals surface area contributed by atoms with Crippen LogP contribution in [0.1, 0.15) is 23.1 Å². The Morgan fingerprint density at radius 3 is 2.38 bits per heavy atom. The smallest absolute Gasteiger partial charge is 0.258 e. The maximum Gasteiger partial charge on any atom is 0.270 e. The van der Waals surface area contributed by atoms with Crippen LogP contribution >= 0.6 is 0 Å². The van der Waals surface area contributed by atoms with Gasteiger partial charge in [-0.1, -0.05) is 35.9 Å². The molecule has 0 unspecified atom stereocenters. The minimum absolute atomic E-state index is 0.0490. The third kappa shape index (κ3) is 4.62. The highest BCUT2D eigenvalue weighted by molar-refractivity contribution is 7.89. The van der Waals surface area contributed by atoms with Gasteiger partial charge in [-0.2, -0.15) is 0 Å². The lowest BCUT2D eigenvalue weighted by molar-refractivity contribution is -0.385. The molecule has 0 heterocycles. The van der Waals surface area contributed by atoms with E-state index in [0.717, 1.165) is 18.1 Å². The Bertz CT molecular complexity index is 830. The van der Waals surface area contributed by atoms with Gasteiger partial charge in [-0.25, -0.2) is 13.1 Å². The van der Waals surface area contributed by atoms with Crippen LogP contribution in [0.4, 0.5) is 5.69 Å². The fourth-order valence-electron chi connectivity index (χ4n) is 2.32. The van der Waals surface area contributed by atoms with Crippen LogP contribution in [0.25, 0.3) is 0 Å². The quantitative estimate of drug-likeness (QED) is 0.473. The van der Waals surface area contributed by atoms with Crippen LogP contribution in [0, 0.1) is 24.0 Å². The van der Waals surface area contributed by atoms with Crippen molar-refractivity contribution >= 4 is 15.7 Å². The molecular formula is C17H20N2O4S. The molecule has 128 valence electrons. The van der Waals surface area contributed by atoms with Crippen LogP contribution in [0.3, 0.4) is 0 Å². The normalized spacial score (nSPS) is 11.4. The number of sulfonamides is 1. The van der Waals surface area contributed by atoms with Crippen molar-refractivity contribution in [1.82, 2.24) is 4.72 Å². The molecule has 0 saturated carbocycles. The molecule has 6 nitrogen and oxygen atoms in total. The van der Waals surface area contributed by atoms with Gasteiger partial charge in [-0.05, 0) is 37.8 Å². The van der Waals surface area contributed by atoms with E-state index in [1.54, 1.807) is 6.92 Å². The zero-order valence-electron chi connectivity index (χ0n) is 13.7. The Hall–Kier alpha value is -2.25. The van der Waals surface area contributed by atoms with Gasteiger partial charge >= 0.3 is 0 Å². The number of nitro benzene ring substituents is 1. The molecule has 0 fully saturated rings. The Kier molecular flexibility index (Phi) is 5.69. The molecule has 0 bridgehead atoms. The highest BCUT2D eigenvalue weighted by Crippen LogP contribution is 2.21. The number of hydrogen-bond acceptors (Lipinski definition) is 4. The zero-order chi connectivity index (χ0) is 17.7. The van der Waals surface area contributed by atoms with Gasteiger partial charge < -0.3 is 0 Å². The van der Waals surface area contributed by atoms with Crippen molar-refractivity contribution in [2.75, 3.05) is 6.54 Å². The van der Waals surface area contributed by atoms with Gasteiger partial charge in [-0.15, -0.1) is 0 Å². The monoisotopic (exact) mass is 348 g/mol. The Balaban J connectivity index is 2.00. The maximum atomic E-state index is 12.4. The van der Waals surface area contributed by atoms with Crippen molar-refractivity contribution in [3.8, 4) is 0 Å². The highest BCUT2D eigenvalue weighted by Gasteiger charge is 2.19. The van der Waals surface area contributed by atoms with Crippen molar-refractivity contribution in [3.05, 3.63) is 69.3 Å². The van der Waals surface area contributed by atoms with Crippen molar-refractivity contribution in [1.29, 1.82) is 0 Å². The Morgan fingerprint density at radius 1 is 1.08 bits per heavy atom. The Labute approximate surface area is 141 Å². The van der Waals surface area contributed by atoms with E-state index >= 15 is 0 Å². The first kappa shape index (κ1) is 18.1. The standard InChI is InChI=1S/C17H20N2O4S/c1-13-5-8-15(9-6-13)4-3-11-18-24(22,23)17-12-16(19(20)21)10-7-14(17)2/h5-10,12,18H,3-4,11H2,1-2H3. The van der Waals surface area contributed by atoms with Gasteiger partial charge in [0, 0.05) is 18.7 Å². The summed E-state index contributed by atoms with van der Waals surface area (Å²) in [5, 5.41) is 10.8. The summed E-state index contributed by atoms with van der Waals surface area (Å²) in [5.74, 6) is 0. The SMILES string of the molecule is Cc1ccc(CCCNS(=O)(=O)c2cc([N+](=O)[O-])ccc2C)cc1. The third-order valence-electron chi connectivity index (χ3n) is 3.73. The molecule has 0 spiro atoms. The van der Waals surface area contributed by atoms with E-state index in [4.69, 9.17) is 0 Å². The van der Waals surface area contributed by atoms with E-state index in [2.05, 4.69) is 4.72 Å². The Morgan fingerprint density at radius 2 is 1.75 bits per heavy atom. The first-order valence-corrected chi connectivity index (χ1v) is 9.08. The van der Waals surface area contributed by atoms with Crippen LogP contribution in [-0.2, 0) is 16.4 Å². The molecule has 0 aliphatic heterocycles. The molecule has 2 aromatic rings. The number of nitrogens with one attached hydrogen (secondary N) is 1. The number of nitrogens with zero attached hydrogens (tertiary/aromatic N) is 1. The highest BCUT2D eigenvalue weighted by atomic mass is 32.2. The molecule has 0 saturated heterocycles. The second-order valence-corrected chi connectivity index (χ2v) is 7.43. The molecule has 0 atom stereocenters. The average molecular weight is 348 g/mol. The lowest BCUT2D eigenvalue weighted by atomic mass is 10.1. The first-order valence-electron chi connectivity index (χ1n) is 7.60. The number of rotatable bonds is 7. The minimum Gasteiger partial charge on any atom is -0.258 e. The third-order valence-corrected chi connectivity index (χ3v) is 5.33. The average Bonchev–Trinajstić information content (AvgIpc) is 2.53. The molecular weight excluding hydrogens is 328 g/mol. The van der Waals surface area contributed by atoms with E-state index in [1.165, 1.54) is 17.7 Å². The van der Waals surface area contributed by atoms with Gasteiger partial charge in [0.1, 0.15) is 0 Å². The van der Waals surface area contributed by atoms with E-state index in [-0.39, 0.29) is 17.1 Å². The number of hydrogen-bond donors (Lipinski definition) is 1. The van der Waals surface area contributed by atoms with Crippen LogP contribution in [0.15, 0.2) is 47.4 Å². The largest absolute Gasteiger partial charge is 0.270 e. The topological polar surface area (TPSA) is 89.3 Å². The van der Waals surface area contributed by atoms with E-state index in [1.807, 2.05) is 31.2 Å². The first-order chi connectivity index (χ1) is 11.3. The van der Waals surface area contributed by atoms with Crippen LogP contribution in [0.2, 0.25) is 0 Å². The van der Waals surface area contributed by atoms with Crippen molar-refractivity contribution in [2.24, 2.45) is 0 Å². The van der Waals surface area contributed by atoms with E-state index in [0.29, 0.717) is 12.0 Å². The lowest BCUT2D eigenvalue weighted by Gasteiger charge is -2.09. The van der Waals surface area contributed by atoms with Crippen molar-refractivity contribution < 1.29 is 13.3 Å². The molecule has 7 heteroatoms. The summed E-state index contributed by atoms with van der Waals surface area (Å²) in [6, 6.07) is 11.9. The van der Waals surface area contributed by atoms with Crippen LogP contribution < -0.4 is 4.72 Å². The van der Waals surface area contributed by atoms with Crippen molar-refractivity contribution in [2.45, 2.75) is 31.6 Å². The van der Waals surface area contributed by atoms with E-state index < -0.39 is 14.9 Å². The van der Waals surface area contributed by atoms with Gasteiger partial charge in [0.25, 0.3) is 5.69 Å². The van der Waals surface area contributed by atoms with Gasteiger partial charge in [0.05, 0.1) is 9.82 Å². The number of benzene rings is 2. The molecule has 2 rings (SSSR count). The minimum atomic E-state index is -3.76. The van der Waals surface area contributed by atoms with E-state index in [9.17, 15) is 18.5 Å². The summed E-state index contributed by atoms with van der Waals surface area (Å²) in [6.07, 6.45) is 1.41. The predicted octanol–water partition coefficient (Wildman–Crippen LogP) is 3.12. The van der Waals surface area contributed by atoms with Crippen molar-refractivity contribution in [3.63, 3.8) is 0 Å². The predicted molar refractivity (Wildman–Crippen MR) is 92.5 cm³/mol. The van der Waals surface area contributed by atoms with Gasteiger partial charge in [0.15, 0.2) is 0 Å². The molecule has 0 radical (unpaired) electrons. The molecule has 0 aromatic heterocycles. The number of nitro groups is 1. The molecule has 0 amide bonds. The molecule has 24 heavy (non-hydrogen) atoms. The maximum absolute atomic E-state index is 12.4. The van der Waals surface area contributed by atoms with Crippen LogP contribution in [-0.4, -0.2) is 19.9 Å². The number of non-ortho nitro benzene ring substituents is 1. The van der Waals surface area contributed by atoms with Crippen LogP contribution in [0.5, 0.6) is 0 Å². The molecule has 0 aliphatic carbocycles. The molecule has 0 aliphatic rings. The molecule has 2 aromatic carbocycles. The summed E-state index contributed by atoms with van der Waals surface area (Å²) >= 11 is 0. The van der Waals surface area contributed by atoms with Gasteiger partial charge in [-0.3, -0.25) is 10.1 Å². The summed E-state index contributed by atoms with van der Waals surface area (Å²) in [4.78, 5) is 10.2. The lowest BCUT2D eigenvalue weighted by Crippen LogP contribution is -2.26. The zero-order valence-corrected chi connectivity index (χ0v) is 14.5. The fraction of sp³-hybridized carbons (Fsp3) is 0.294. The number of aryl methyl sites for hydroxylation is 3. The van der Waals surface area contributed by atoms with Gasteiger partial charge in [0.2, 0.25) is 10.0 Å². The fourth-order valence-corrected chi connectivity index (χ4v) is 3.66. The summed E-state index contributed by atoms with van der Waals surface area (Å²) < 4.78 is 27.2. The molecule has 1 N–H and O–H groups in total. The second kappa shape index (κ2) is 7.55.